The number of pyridine rings is 1. The lowest BCUT2D eigenvalue weighted by atomic mass is 9.87. The number of halogens is 2. The standard InChI is InChI=1S/C27H26F2N4O2/c1-4-20-14-21-25(31-32(3)26(21)16-10-18(28)13-19(29)11-16)22(5-2)33(20)27(35)17-9-15-7-6-8-30-24(15)23(34)12-17/h6-13,20,22,34H,4-5,14H2,1-3H3. The Kier molecular flexibility index (Phi) is 5.75. The van der Waals surface area contributed by atoms with Crippen molar-refractivity contribution in [1.29, 1.82) is 0 Å². The van der Waals surface area contributed by atoms with Crippen molar-refractivity contribution in [1.82, 2.24) is 19.7 Å². The maximum absolute atomic E-state index is 14.0. The Morgan fingerprint density at radius 2 is 1.86 bits per heavy atom. The summed E-state index contributed by atoms with van der Waals surface area (Å²) in [5, 5.41) is 15.9. The number of nitrogens with zero attached hydrogens (tertiary/aromatic N) is 4. The molecule has 1 aliphatic heterocycles. The lowest BCUT2D eigenvalue weighted by Crippen LogP contribution is -2.47. The first-order chi connectivity index (χ1) is 16.8. The van der Waals surface area contributed by atoms with Crippen LogP contribution in [0.25, 0.3) is 22.2 Å². The van der Waals surface area contributed by atoms with Gasteiger partial charge in [-0.25, -0.2) is 8.78 Å². The van der Waals surface area contributed by atoms with Crippen LogP contribution in [0, 0.1) is 11.6 Å². The fraction of sp³-hybridized carbons (Fsp3) is 0.296. The van der Waals surface area contributed by atoms with Gasteiger partial charge in [-0.3, -0.25) is 14.5 Å². The van der Waals surface area contributed by atoms with Gasteiger partial charge in [-0.05, 0) is 49.6 Å². The Morgan fingerprint density at radius 3 is 2.54 bits per heavy atom. The minimum atomic E-state index is -0.646. The number of phenols is 1. The van der Waals surface area contributed by atoms with Crippen LogP contribution < -0.4 is 0 Å². The predicted molar refractivity (Wildman–Crippen MR) is 129 cm³/mol. The summed E-state index contributed by atoms with van der Waals surface area (Å²) in [5.74, 6) is -1.53. The van der Waals surface area contributed by atoms with E-state index in [4.69, 9.17) is 5.10 Å². The molecule has 6 nitrogen and oxygen atoms in total. The van der Waals surface area contributed by atoms with E-state index in [0.29, 0.717) is 47.0 Å². The van der Waals surface area contributed by atoms with Crippen molar-refractivity contribution in [2.75, 3.05) is 0 Å². The SMILES string of the molecule is CCC1Cc2c(nn(C)c2-c2cc(F)cc(F)c2)C(CC)N1C(=O)c1cc(O)c2ncccc2c1. The van der Waals surface area contributed by atoms with E-state index in [-0.39, 0.29) is 23.7 Å². The second-order valence-electron chi connectivity index (χ2n) is 8.97. The number of rotatable bonds is 4. The molecule has 2 atom stereocenters. The third-order valence-corrected chi connectivity index (χ3v) is 6.82. The van der Waals surface area contributed by atoms with Gasteiger partial charge in [0.1, 0.15) is 22.9 Å². The van der Waals surface area contributed by atoms with E-state index in [9.17, 15) is 18.7 Å². The normalized spacial score (nSPS) is 17.6. The number of hydrogen-bond donors (Lipinski definition) is 1. The summed E-state index contributed by atoms with van der Waals surface area (Å²) >= 11 is 0. The first-order valence-corrected chi connectivity index (χ1v) is 11.7. The molecule has 0 saturated heterocycles. The molecule has 1 N–H and O–H groups in total. The molecule has 0 bridgehead atoms. The van der Waals surface area contributed by atoms with Gasteiger partial charge in [-0.15, -0.1) is 0 Å². The first-order valence-electron chi connectivity index (χ1n) is 11.7. The van der Waals surface area contributed by atoms with Crippen molar-refractivity contribution in [2.45, 2.75) is 45.2 Å². The summed E-state index contributed by atoms with van der Waals surface area (Å²) in [6.45, 7) is 4.01. The molecule has 2 aromatic heterocycles. The van der Waals surface area contributed by atoms with Crippen LogP contribution in [0.2, 0.25) is 0 Å². The van der Waals surface area contributed by atoms with Crippen molar-refractivity contribution < 1.29 is 18.7 Å². The van der Waals surface area contributed by atoms with E-state index in [1.807, 2.05) is 24.8 Å². The van der Waals surface area contributed by atoms with Gasteiger partial charge in [0.05, 0.1) is 17.4 Å². The highest BCUT2D eigenvalue weighted by molar-refractivity contribution is 6.00. The molecule has 0 spiro atoms. The van der Waals surface area contributed by atoms with Crippen molar-refractivity contribution in [2.24, 2.45) is 7.05 Å². The second kappa shape index (κ2) is 8.76. The lowest BCUT2D eigenvalue weighted by Gasteiger charge is -2.41. The largest absolute Gasteiger partial charge is 0.506 e. The fourth-order valence-electron chi connectivity index (χ4n) is 5.31. The number of hydrogen-bond acceptors (Lipinski definition) is 4. The Hall–Kier alpha value is -3.81. The monoisotopic (exact) mass is 476 g/mol. The molecule has 2 aromatic carbocycles. The molecule has 3 heterocycles. The van der Waals surface area contributed by atoms with Gasteiger partial charge in [0.25, 0.3) is 5.91 Å². The van der Waals surface area contributed by atoms with Gasteiger partial charge in [-0.2, -0.15) is 5.10 Å². The van der Waals surface area contributed by atoms with Gasteiger partial charge in [0.2, 0.25) is 0 Å². The van der Waals surface area contributed by atoms with Crippen LogP contribution in [0.1, 0.15) is 54.3 Å². The minimum Gasteiger partial charge on any atom is -0.506 e. The number of amides is 1. The maximum atomic E-state index is 14.0. The molecule has 2 unspecified atom stereocenters. The van der Waals surface area contributed by atoms with Crippen LogP contribution in [0.5, 0.6) is 5.75 Å². The van der Waals surface area contributed by atoms with Crippen LogP contribution in [0.4, 0.5) is 8.78 Å². The summed E-state index contributed by atoms with van der Waals surface area (Å²) in [5.41, 5.74) is 3.56. The van der Waals surface area contributed by atoms with E-state index in [2.05, 4.69) is 4.98 Å². The van der Waals surface area contributed by atoms with Gasteiger partial charge in [-0.1, -0.05) is 19.9 Å². The molecule has 0 radical (unpaired) electrons. The molecule has 1 aliphatic rings. The number of carbonyl (C=O) groups is 1. The minimum absolute atomic E-state index is 0.0431. The number of aromatic hydroxyl groups is 1. The van der Waals surface area contributed by atoms with E-state index < -0.39 is 11.6 Å². The molecular formula is C27H26F2N4O2. The molecule has 180 valence electrons. The quantitative estimate of drug-likeness (QED) is 0.419. The second-order valence-corrected chi connectivity index (χ2v) is 8.97. The summed E-state index contributed by atoms with van der Waals surface area (Å²) in [4.78, 5) is 19.9. The van der Waals surface area contributed by atoms with Gasteiger partial charge in [0, 0.05) is 47.4 Å². The van der Waals surface area contributed by atoms with Gasteiger partial charge >= 0.3 is 0 Å². The van der Waals surface area contributed by atoms with Crippen molar-refractivity contribution in [3.8, 4) is 17.0 Å². The predicted octanol–water partition coefficient (Wildman–Crippen LogP) is 5.55. The summed E-state index contributed by atoms with van der Waals surface area (Å²) in [6, 6.07) is 9.80. The van der Waals surface area contributed by atoms with Gasteiger partial charge < -0.3 is 10.0 Å². The van der Waals surface area contributed by atoms with Gasteiger partial charge in [0.15, 0.2) is 0 Å². The Bertz CT molecular complexity index is 1430. The topological polar surface area (TPSA) is 71.2 Å². The molecular weight excluding hydrogens is 450 g/mol. The zero-order valence-electron chi connectivity index (χ0n) is 19.8. The van der Waals surface area contributed by atoms with Crippen LogP contribution >= 0.6 is 0 Å². The number of aryl methyl sites for hydroxylation is 1. The van der Waals surface area contributed by atoms with E-state index >= 15 is 0 Å². The lowest BCUT2D eigenvalue weighted by molar-refractivity contribution is 0.0512. The molecule has 35 heavy (non-hydrogen) atoms. The van der Waals surface area contributed by atoms with E-state index in [1.54, 1.807) is 30.1 Å². The van der Waals surface area contributed by atoms with E-state index in [0.717, 1.165) is 17.3 Å². The van der Waals surface area contributed by atoms with Crippen LogP contribution in [-0.2, 0) is 13.5 Å². The number of aromatic nitrogens is 3. The Morgan fingerprint density at radius 1 is 1.11 bits per heavy atom. The zero-order valence-corrected chi connectivity index (χ0v) is 19.8. The number of phenolic OH excluding ortho intramolecular Hbond substituents is 1. The zero-order chi connectivity index (χ0) is 24.9. The smallest absolute Gasteiger partial charge is 0.254 e. The van der Waals surface area contributed by atoms with Crippen molar-refractivity contribution in [3.63, 3.8) is 0 Å². The average molecular weight is 477 g/mol. The molecule has 1 amide bonds. The molecule has 5 rings (SSSR count). The number of fused-ring (bicyclic) bond motifs is 2. The molecule has 4 aromatic rings. The molecule has 0 saturated carbocycles. The number of carbonyl (C=O) groups excluding carboxylic acids is 1. The summed E-state index contributed by atoms with van der Waals surface area (Å²) in [7, 11) is 1.75. The third-order valence-electron chi connectivity index (χ3n) is 6.82. The highest BCUT2D eigenvalue weighted by Crippen LogP contribution is 2.41. The van der Waals surface area contributed by atoms with Crippen LogP contribution in [0.15, 0.2) is 48.7 Å². The number of benzene rings is 2. The Labute approximate surface area is 201 Å². The Balaban J connectivity index is 1.61. The van der Waals surface area contributed by atoms with Crippen LogP contribution in [-0.4, -0.2) is 36.7 Å². The third kappa shape index (κ3) is 3.83. The molecule has 0 fully saturated rings. The fourth-order valence-corrected chi connectivity index (χ4v) is 5.31. The maximum Gasteiger partial charge on any atom is 0.254 e. The highest BCUT2D eigenvalue weighted by atomic mass is 19.1. The van der Waals surface area contributed by atoms with Crippen LogP contribution in [0.3, 0.4) is 0 Å². The first kappa shape index (κ1) is 23.0. The van der Waals surface area contributed by atoms with Crippen molar-refractivity contribution >= 4 is 16.8 Å². The van der Waals surface area contributed by atoms with Crippen molar-refractivity contribution in [3.05, 3.63) is 77.1 Å². The molecule has 8 heteroatoms. The average Bonchev–Trinajstić information content (AvgIpc) is 3.17. The highest BCUT2D eigenvalue weighted by Gasteiger charge is 2.40. The summed E-state index contributed by atoms with van der Waals surface area (Å²) < 4.78 is 29.7. The summed E-state index contributed by atoms with van der Waals surface area (Å²) in [6.07, 6.45) is 3.41. The molecule has 0 aliphatic carbocycles. The van der Waals surface area contributed by atoms with E-state index in [1.165, 1.54) is 18.2 Å².